The molecular formula is C15H30N4O. The van der Waals surface area contributed by atoms with Crippen molar-refractivity contribution in [1.82, 2.24) is 15.1 Å². The molecule has 116 valence electrons. The zero-order valence-electron chi connectivity index (χ0n) is 12.8. The average molecular weight is 282 g/mol. The first-order chi connectivity index (χ1) is 9.69. The number of nitrogens with one attached hydrogen (secondary N) is 1. The van der Waals surface area contributed by atoms with Crippen LogP contribution in [0.4, 0.5) is 0 Å². The molecule has 2 fully saturated rings. The highest BCUT2D eigenvalue weighted by Gasteiger charge is 2.30. The van der Waals surface area contributed by atoms with Crippen LogP contribution in [0.2, 0.25) is 0 Å². The van der Waals surface area contributed by atoms with Crippen molar-refractivity contribution in [3.05, 3.63) is 0 Å². The molecule has 1 amide bonds. The molecule has 0 bridgehead atoms. The maximum atomic E-state index is 11.8. The summed E-state index contributed by atoms with van der Waals surface area (Å²) in [4.78, 5) is 16.7. The summed E-state index contributed by atoms with van der Waals surface area (Å²) in [6, 6.07) is 1.03. The monoisotopic (exact) mass is 282 g/mol. The molecule has 5 heteroatoms. The molecule has 20 heavy (non-hydrogen) atoms. The first kappa shape index (κ1) is 15.7. The van der Waals surface area contributed by atoms with E-state index in [-0.39, 0.29) is 5.91 Å². The lowest BCUT2D eigenvalue weighted by Crippen LogP contribution is -2.46. The predicted molar refractivity (Wildman–Crippen MR) is 81.5 cm³/mol. The van der Waals surface area contributed by atoms with E-state index in [1.807, 2.05) is 0 Å². The molecule has 2 saturated heterocycles. The second-order valence-corrected chi connectivity index (χ2v) is 6.25. The van der Waals surface area contributed by atoms with Crippen molar-refractivity contribution in [3.8, 4) is 0 Å². The summed E-state index contributed by atoms with van der Waals surface area (Å²) in [7, 11) is 0. The summed E-state index contributed by atoms with van der Waals surface area (Å²) in [5.74, 6) is 0.180. The Hall–Kier alpha value is -0.650. The Labute approximate surface area is 122 Å². The third-order valence-electron chi connectivity index (χ3n) is 4.56. The summed E-state index contributed by atoms with van der Waals surface area (Å²) >= 11 is 0. The van der Waals surface area contributed by atoms with E-state index in [2.05, 4.69) is 22.0 Å². The smallest absolute Gasteiger partial charge is 0.234 e. The van der Waals surface area contributed by atoms with Gasteiger partial charge in [-0.3, -0.25) is 14.6 Å². The summed E-state index contributed by atoms with van der Waals surface area (Å²) < 4.78 is 0. The fraction of sp³-hybridized carbons (Fsp3) is 0.933. The minimum atomic E-state index is 0.180. The number of nitrogens with two attached hydrogens (primary N) is 1. The number of nitrogens with zero attached hydrogens (tertiary/aromatic N) is 2. The van der Waals surface area contributed by atoms with Crippen LogP contribution in [0.1, 0.15) is 39.0 Å². The van der Waals surface area contributed by atoms with E-state index >= 15 is 0 Å². The Balaban J connectivity index is 1.66. The van der Waals surface area contributed by atoms with Crippen LogP contribution in [-0.2, 0) is 4.79 Å². The Morgan fingerprint density at radius 2 is 2.00 bits per heavy atom. The van der Waals surface area contributed by atoms with Crippen molar-refractivity contribution >= 4 is 5.91 Å². The predicted octanol–water partition coefficient (Wildman–Crippen LogP) is 0.400. The van der Waals surface area contributed by atoms with Crippen LogP contribution in [0, 0.1) is 0 Å². The number of carbonyl (C=O) groups excluding carboxylic acids is 1. The molecule has 1 unspecified atom stereocenters. The van der Waals surface area contributed by atoms with Gasteiger partial charge in [-0.15, -0.1) is 0 Å². The van der Waals surface area contributed by atoms with Gasteiger partial charge in [0.2, 0.25) is 5.91 Å². The van der Waals surface area contributed by atoms with Crippen molar-refractivity contribution in [2.24, 2.45) is 5.73 Å². The second kappa shape index (κ2) is 7.96. The third-order valence-corrected chi connectivity index (χ3v) is 4.56. The molecule has 0 radical (unpaired) electrons. The number of amides is 1. The molecule has 0 spiro atoms. The van der Waals surface area contributed by atoms with E-state index in [4.69, 9.17) is 5.73 Å². The fourth-order valence-electron chi connectivity index (χ4n) is 3.20. The first-order valence-corrected chi connectivity index (χ1v) is 8.17. The number of rotatable bonds is 6. The van der Waals surface area contributed by atoms with Gasteiger partial charge in [0.15, 0.2) is 0 Å². The summed E-state index contributed by atoms with van der Waals surface area (Å²) in [5, 5.41) is 3.00. The van der Waals surface area contributed by atoms with Crippen LogP contribution in [-0.4, -0.2) is 67.1 Å². The minimum absolute atomic E-state index is 0.180. The number of piperidine rings is 1. The highest BCUT2D eigenvalue weighted by molar-refractivity contribution is 5.78. The molecule has 1 atom stereocenters. The highest BCUT2D eigenvalue weighted by Crippen LogP contribution is 2.19. The molecule has 5 nitrogen and oxygen atoms in total. The highest BCUT2D eigenvalue weighted by atomic mass is 16.2. The normalized spacial score (nSPS) is 26.0. The van der Waals surface area contributed by atoms with Crippen LogP contribution in [0.3, 0.4) is 0 Å². The SMILES string of the molecule is CCCCNC(=O)CN1CCC(N2CCC(N)CC2)C1. The number of carbonyl (C=O) groups is 1. The van der Waals surface area contributed by atoms with Crippen LogP contribution in [0.5, 0.6) is 0 Å². The van der Waals surface area contributed by atoms with Crippen molar-refractivity contribution < 1.29 is 4.79 Å². The number of hydrogen-bond donors (Lipinski definition) is 2. The maximum Gasteiger partial charge on any atom is 0.234 e. The van der Waals surface area contributed by atoms with Gasteiger partial charge in [0.25, 0.3) is 0 Å². The van der Waals surface area contributed by atoms with Gasteiger partial charge in [-0.1, -0.05) is 13.3 Å². The molecule has 3 N–H and O–H groups in total. The number of hydrogen-bond acceptors (Lipinski definition) is 4. The van der Waals surface area contributed by atoms with E-state index in [9.17, 15) is 4.79 Å². The summed E-state index contributed by atoms with van der Waals surface area (Å²) in [5.41, 5.74) is 5.96. The molecule has 0 aromatic rings. The van der Waals surface area contributed by atoms with E-state index in [0.29, 0.717) is 18.6 Å². The van der Waals surface area contributed by atoms with E-state index in [1.54, 1.807) is 0 Å². The van der Waals surface area contributed by atoms with Crippen molar-refractivity contribution in [2.45, 2.75) is 51.1 Å². The largest absolute Gasteiger partial charge is 0.355 e. The number of likely N-dealkylation sites (tertiary alicyclic amines) is 2. The molecule has 2 aliphatic heterocycles. The third kappa shape index (κ3) is 4.72. The van der Waals surface area contributed by atoms with Crippen LogP contribution in [0.25, 0.3) is 0 Å². The zero-order valence-corrected chi connectivity index (χ0v) is 12.8. The molecule has 0 saturated carbocycles. The Morgan fingerprint density at radius 3 is 2.70 bits per heavy atom. The van der Waals surface area contributed by atoms with E-state index < -0.39 is 0 Å². The molecule has 2 rings (SSSR count). The zero-order chi connectivity index (χ0) is 14.4. The van der Waals surface area contributed by atoms with Crippen LogP contribution >= 0.6 is 0 Å². The topological polar surface area (TPSA) is 61.6 Å². The lowest BCUT2D eigenvalue weighted by molar-refractivity contribution is -0.122. The van der Waals surface area contributed by atoms with Gasteiger partial charge in [-0.25, -0.2) is 0 Å². The maximum absolute atomic E-state index is 11.8. The lowest BCUT2D eigenvalue weighted by Gasteiger charge is -2.34. The average Bonchev–Trinajstić information content (AvgIpc) is 2.88. The molecular weight excluding hydrogens is 252 g/mol. The van der Waals surface area contributed by atoms with Gasteiger partial charge in [0.1, 0.15) is 0 Å². The molecule has 2 aliphatic rings. The standard InChI is InChI=1S/C15H30N4O/c1-2-3-7-17-15(20)12-18-8-6-14(11-18)19-9-4-13(16)5-10-19/h13-14H,2-12,16H2,1H3,(H,17,20). The van der Waals surface area contributed by atoms with Gasteiger partial charge < -0.3 is 11.1 Å². The van der Waals surface area contributed by atoms with Crippen molar-refractivity contribution in [3.63, 3.8) is 0 Å². The lowest BCUT2D eigenvalue weighted by atomic mass is 10.0. The van der Waals surface area contributed by atoms with Gasteiger partial charge in [0, 0.05) is 31.7 Å². The van der Waals surface area contributed by atoms with Gasteiger partial charge >= 0.3 is 0 Å². The van der Waals surface area contributed by atoms with Gasteiger partial charge in [-0.05, 0) is 38.8 Å². The van der Waals surface area contributed by atoms with Crippen LogP contribution < -0.4 is 11.1 Å². The quantitative estimate of drug-likeness (QED) is 0.692. The van der Waals surface area contributed by atoms with Crippen molar-refractivity contribution in [1.29, 1.82) is 0 Å². The molecule has 2 heterocycles. The van der Waals surface area contributed by atoms with Crippen molar-refractivity contribution in [2.75, 3.05) is 39.3 Å². The van der Waals surface area contributed by atoms with Gasteiger partial charge in [-0.2, -0.15) is 0 Å². The summed E-state index contributed by atoms with van der Waals surface area (Å²) in [6.07, 6.45) is 5.63. The Bertz CT molecular complexity index is 302. The van der Waals surface area contributed by atoms with E-state index in [1.165, 1.54) is 6.42 Å². The van der Waals surface area contributed by atoms with Gasteiger partial charge in [0.05, 0.1) is 6.54 Å². The Morgan fingerprint density at radius 1 is 1.25 bits per heavy atom. The van der Waals surface area contributed by atoms with Crippen LogP contribution in [0.15, 0.2) is 0 Å². The van der Waals surface area contributed by atoms with E-state index in [0.717, 1.165) is 58.4 Å². The minimum Gasteiger partial charge on any atom is -0.355 e. The second-order valence-electron chi connectivity index (χ2n) is 6.25. The first-order valence-electron chi connectivity index (χ1n) is 8.17. The molecule has 0 aromatic heterocycles. The summed E-state index contributed by atoms with van der Waals surface area (Å²) in [6.45, 7) is 7.86. The molecule has 0 aliphatic carbocycles. The Kier molecular flexibility index (Phi) is 6.26. The number of unbranched alkanes of at least 4 members (excludes halogenated alkanes) is 1. The molecule has 0 aromatic carbocycles. The fourth-order valence-corrected chi connectivity index (χ4v) is 3.20.